The third-order valence-corrected chi connectivity index (χ3v) is 4.09. The van der Waals surface area contributed by atoms with Gasteiger partial charge in [0.25, 0.3) is 0 Å². The van der Waals surface area contributed by atoms with E-state index >= 15 is 0 Å². The molecule has 6 nitrogen and oxygen atoms in total. The molecule has 1 aromatic heterocycles. The summed E-state index contributed by atoms with van der Waals surface area (Å²) in [6, 6.07) is 1.97. The molecule has 2 rings (SSSR count). The Labute approximate surface area is 124 Å². The highest BCUT2D eigenvalue weighted by atomic mass is 16.3. The molecular formula is C15H23N3O3. The molecule has 0 spiro atoms. The molecule has 1 saturated heterocycles. The fourth-order valence-electron chi connectivity index (χ4n) is 2.57. The largest absolute Gasteiger partial charge is 0.389 e. The van der Waals surface area contributed by atoms with Gasteiger partial charge in [-0.15, -0.1) is 0 Å². The van der Waals surface area contributed by atoms with Crippen LogP contribution in [0, 0.1) is 6.92 Å². The zero-order chi connectivity index (χ0) is 15.5. The maximum absolute atomic E-state index is 11.0. The van der Waals surface area contributed by atoms with Crippen LogP contribution in [0.3, 0.4) is 0 Å². The number of likely N-dealkylation sites (tertiary alicyclic amines) is 1. The first kappa shape index (κ1) is 15.9. The molecule has 1 aromatic rings. The zero-order valence-corrected chi connectivity index (χ0v) is 12.5. The number of carbonyl (C=O) groups is 1. The highest BCUT2D eigenvalue weighted by Crippen LogP contribution is 2.24. The van der Waals surface area contributed by atoms with Gasteiger partial charge >= 0.3 is 0 Å². The molecule has 3 N–H and O–H groups in total. The summed E-state index contributed by atoms with van der Waals surface area (Å²) in [6.07, 6.45) is 3.14. The third kappa shape index (κ3) is 4.00. The summed E-state index contributed by atoms with van der Waals surface area (Å²) in [5, 5.41) is 23.2. The van der Waals surface area contributed by atoms with Crippen LogP contribution < -0.4 is 5.32 Å². The highest BCUT2D eigenvalue weighted by Gasteiger charge is 2.40. The number of aliphatic hydroxyl groups excluding tert-OH is 1. The van der Waals surface area contributed by atoms with Gasteiger partial charge < -0.3 is 15.5 Å². The van der Waals surface area contributed by atoms with Crippen molar-refractivity contribution in [2.75, 3.05) is 19.6 Å². The number of hydrogen-bond acceptors (Lipinski definition) is 5. The number of aliphatic hydroxyl groups is 2. The predicted molar refractivity (Wildman–Crippen MR) is 78.5 cm³/mol. The number of amides is 1. The van der Waals surface area contributed by atoms with Crippen molar-refractivity contribution >= 4 is 5.91 Å². The summed E-state index contributed by atoms with van der Waals surface area (Å²) >= 11 is 0. The average Bonchev–Trinajstić information content (AvgIpc) is 2.44. The fraction of sp³-hybridized carbons (Fsp3) is 0.600. The SMILES string of the molecule is CC(=O)NC[C@]1(O)CCN(Cc2ccncc2C)C[C@H]1O. The molecule has 2 atom stereocenters. The van der Waals surface area contributed by atoms with E-state index in [2.05, 4.69) is 15.2 Å². The number of hydrogen-bond donors (Lipinski definition) is 3. The second-order valence-corrected chi connectivity index (χ2v) is 5.82. The van der Waals surface area contributed by atoms with Crippen molar-refractivity contribution in [3.8, 4) is 0 Å². The van der Waals surface area contributed by atoms with Crippen molar-refractivity contribution < 1.29 is 15.0 Å². The molecule has 0 radical (unpaired) electrons. The molecule has 1 aliphatic heterocycles. The van der Waals surface area contributed by atoms with Crippen molar-refractivity contribution in [3.05, 3.63) is 29.6 Å². The van der Waals surface area contributed by atoms with E-state index in [1.165, 1.54) is 12.5 Å². The van der Waals surface area contributed by atoms with Gasteiger partial charge in [-0.3, -0.25) is 14.7 Å². The van der Waals surface area contributed by atoms with Crippen molar-refractivity contribution in [1.29, 1.82) is 0 Å². The summed E-state index contributed by atoms with van der Waals surface area (Å²) in [6.45, 7) is 5.28. The summed E-state index contributed by atoms with van der Waals surface area (Å²) in [5.41, 5.74) is 1.05. The van der Waals surface area contributed by atoms with Gasteiger partial charge in [-0.25, -0.2) is 0 Å². The Morgan fingerprint density at radius 2 is 2.38 bits per heavy atom. The number of piperidine rings is 1. The number of pyridine rings is 1. The van der Waals surface area contributed by atoms with Crippen molar-refractivity contribution in [2.45, 2.75) is 38.5 Å². The summed E-state index contributed by atoms with van der Waals surface area (Å²) in [5.74, 6) is -0.203. The molecule has 21 heavy (non-hydrogen) atoms. The minimum Gasteiger partial charge on any atom is -0.389 e. The monoisotopic (exact) mass is 293 g/mol. The van der Waals surface area contributed by atoms with E-state index in [4.69, 9.17) is 0 Å². The minimum atomic E-state index is -1.24. The lowest BCUT2D eigenvalue weighted by molar-refractivity contribution is -0.130. The van der Waals surface area contributed by atoms with Crippen LogP contribution in [0.1, 0.15) is 24.5 Å². The molecule has 1 fully saturated rings. The fourth-order valence-corrected chi connectivity index (χ4v) is 2.57. The lowest BCUT2D eigenvalue weighted by Crippen LogP contribution is -2.59. The lowest BCUT2D eigenvalue weighted by atomic mass is 9.88. The van der Waals surface area contributed by atoms with Gasteiger partial charge in [-0.1, -0.05) is 0 Å². The van der Waals surface area contributed by atoms with Crippen LogP contribution in [0.25, 0.3) is 0 Å². The van der Waals surface area contributed by atoms with E-state index in [0.29, 0.717) is 19.5 Å². The first-order chi connectivity index (χ1) is 9.90. The second-order valence-electron chi connectivity index (χ2n) is 5.82. The van der Waals surface area contributed by atoms with Gasteiger partial charge in [0.2, 0.25) is 5.91 Å². The first-order valence-electron chi connectivity index (χ1n) is 7.17. The van der Waals surface area contributed by atoms with Crippen molar-refractivity contribution in [2.24, 2.45) is 0 Å². The number of aromatic nitrogens is 1. The van der Waals surface area contributed by atoms with Crippen LogP contribution >= 0.6 is 0 Å². The molecule has 0 aromatic carbocycles. The maximum Gasteiger partial charge on any atom is 0.216 e. The number of nitrogens with one attached hydrogen (secondary N) is 1. The first-order valence-corrected chi connectivity index (χ1v) is 7.17. The van der Waals surface area contributed by atoms with Crippen molar-refractivity contribution in [1.82, 2.24) is 15.2 Å². The quantitative estimate of drug-likeness (QED) is 0.717. The van der Waals surface area contributed by atoms with Crippen LogP contribution in [-0.2, 0) is 11.3 Å². The molecule has 2 heterocycles. The van der Waals surface area contributed by atoms with Gasteiger partial charge in [-0.05, 0) is 30.5 Å². The Morgan fingerprint density at radius 3 is 3.00 bits per heavy atom. The average molecular weight is 293 g/mol. The smallest absolute Gasteiger partial charge is 0.216 e. The summed E-state index contributed by atoms with van der Waals surface area (Å²) in [7, 11) is 0. The van der Waals surface area contributed by atoms with Crippen LogP contribution in [0.15, 0.2) is 18.5 Å². The Hall–Kier alpha value is -1.50. The second kappa shape index (κ2) is 6.51. The molecule has 1 amide bonds. The van der Waals surface area contributed by atoms with Crippen molar-refractivity contribution in [3.63, 3.8) is 0 Å². The Kier molecular flexibility index (Phi) is 4.92. The van der Waals surface area contributed by atoms with Crippen LogP contribution in [-0.4, -0.2) is 57.3 Å². The molecule has 0 saturated carbocycles. The molecule has 116 valence electrons. The van der Waals surface area contributed by atoms with Gasteiger partial charge in [0.1, 0.15) is 5.60 Å². The minimum absolute atomic E-state index is 0.0889. The van der Waals surface area contributed by atoms with Crippen LogP contribution in [0.5, 0.6) is 0 Å². The highest BCUT2D eigenvalue weighted by molar-refractivity contribution is 5.72. The van der Waals surface area contributed by atoms with E-state index < -0.39 is 11.7 Å². The molecule has 0 bridgehead atoms. The number of β-amino-alcohol motifs (C(OH)–C–C–N with tert-alkyl or cyclic N) is 1. The molecule has 0 aliphatic carbocycles. The van der Waals surface area contributed by atoms with Crippen LogP contribution in [0.4, 0.5) is 0 Å². The van der Waals surface area contributed by atoms with E-state index in [1.807, 2.05) is 19.2 Å². The molecular weight excluding hydrogens is 270 g/mol. The summed E-state index contributed by atoms with van der Waals surface area (Å²) in [4.78, 5) is 17.1. The summed E-state index contributed by atoms with van der Waals surface area (Å²) < 4.78 is 0. The number of carbonyl (C=O) groups excluding carboxylic acids is 1. The Morgan fingerprint density at radius 1 is 1.62 bits per heavy atom. The molecule has 1 aliphatic rings. The van der Waals surface area contributed by atoms with Gasteiger partial charge in [0.05, 0.1) is 6.10 Å². The zero-order valence-electron chi connectivity index (χ0n) is 12.5. The standard InChI is InChI=1S/C15H23N3O3/c1-11-7-16-5-3-13(11)8-18-6-4-15(21,14(20)9-18)10-17-12(2)19/h3,5,7,14,20-21H,4,6,8-10H2,1-2H3,(H,17,19)/t14-,15-/m1/s1. The van der Waals surface area contributed by atoms with Crippen LogP contribution in [0.2, 0.25) is 0 Å². The number of nitrogens with zero attached hydrogens (tertiary/aromatic N) is 2. The van der Waals surface area contributed by atoms with E-state index in [9.17, 15) is 15.0 Å². The molecule has 0 unspecified atom stereocenters. The number of aryl methyl sites for hydroxylation is 1. The third-order valence-electron chi connectivity index (χ3n) is 4.09. The van der Waals surface area contributed by atoms with E-state index in [0.717, 1.165) is 12.1 Å². The lowest BCUT2D eigenvalue weighted by Gasteiger charge is -2.42. The molecule has 6 heteroatoms. The van der Waals surface area contributed by atoms with Gasteiger partial charge in [-0.2, -0.15) is 0 Å². The van der Waals surface area contributed by atoms with E-state index in [1.54, 1.807) is 6.20 Å². The normalized spacial score (nSPS) is 26.6. The number of rotatable bonds is 4. The van der Waals surface area contributed by atoms with Gasteiger partial charge in [0.15, 0.2) is 0 Å². The topological polar surface area (TPSA) is 85.7 Å². The van der Waals surface area contributed by atoms with E-state index in [-0.39, 0.29) is 12.5 Å². The van der Waals surface area contributed by atoms with Gasteiger partial charge in [0, 0.05) is 45.5 Å². The Bertz CT molecular complexity index is 509. The maximum atomic E-state index is 11.0. The predicted octanol–water partition coefficient (Wildman–Crippen LogP) is -0.176. The Balaban J connectivity index is 1.94.